The number of likely N-dealkylation sites (N-methyl/N-ethyl adjacent to an activating group) is 2. The topological polar surface area (TPSA) is 55.8 Å². The van der Waals surface area contributed by atoms with Crippen LogP contribution in [-0.2, 0) is 4.79 Å². The van der Waals surface area contributed by atoms with E-state index in [4.69, 9.17) is 5.11 Å². The van der Waals surface area contributed by atoms with Crippen molar-refractivity contribution in [3.8, 4) is 0 Å². The van der Waals surface area contributed by atoms with Crippen LogP contribution >= 0.6 is 0 Å². The second-order valence-electron chi connectivity index (χ2n) is 5.34. The largest absolute Gasteiger partial charge is 0.480 e. The number of nitrogens with one attached hydrogen (secondary N) is 1. The summed E-state index contributed by atoms with van der Waals surface area (Å²) < 4.78 is 0. The van der Waals surface area contributed by atoms with Gasteiger partial charge in [-0.2, -0.15) is 0 Å². The third kappa shape index (κ3) is 3.66. The first kappa shape index (κ1) is 14.4. The van der Waals surface area contributed by atoms with Gasteiger partial charge in [0, 0.05) is 19.1 Å². The van der Waals surface area contributed by atoms with Crippen molar-refractivity contribution in [3.63, 3.8) is 0 Å². The predicted molar refractivity (Wildman–Crippen MR) is 68.2 cm³/mol. The molecule has 0 aromatic rings. The van der Waals surface area contributed by atoms with Gasteiger partial charge in [-0.15, -0.1) is 0 Å². The highest BCUT2D eigenvalue weighted by Crippen LogP contribution is 2.16. The molecule has 1 rings (SSSR count). The summed E-state index contributed by atoms with van der Waals surface area (Å²) in [6.07, 6.45) is 1.81. The van der Waals surface area contributed by atoms with Crippen LogP contribution in [0.2, 0.25) is 0 Å². The SMILES string of the molecule is CNC(C)(CCN1CCC(N(C)C)C1)C(=O)O. The Hall–Kier alpha value is -0.650. The van der Waals surface area contributed by atoms with E-state index in [1.54, 1.807) is 14.0 Å². The molecule has 0 amide bonds. The highest BCUT2D eigenvalue weighted by molar-refractivity contribution is 5.78. The van der Waals surface area contributed by atoms with Gasteiger partial charge in [0.15, 0.2) is 0 Å². The maximum atomic E-state index is 11.1. The van der Waals surface area contributed by atoms with Crippen molar-refractivity contribution in [2.24, 2.45) is 0 Å². The van der Waals surface area contributed by atoms with Crippen LogP contribution in [0.25, 0.3) is 0 Å². The monoisotopic (exact) mass is 243 g/mol. The van der Waals surface area contributed by atoms with E-state index in [-0.39, 0.29) is 0 Å². The Balaban J connectivity index is 2.39. The van der Waals surface area contributed by atoms with Gasteiger partial charge >= 0.3 is 5.97 Å². The first-order chi connectivity index (χ1) is 7.89. The van der Waals surface area contributed by atoms with Crippen LogP contribution in [0.1, 0.15) is 19.8 Å². The van der Waals surface area contributed by atoms with Gasteiger partial charge in [0.25, 0.3) is 0 Å². The lowest BCUT2D eigenvalue weighted by molar-refractivity contribution is -0.144. The Morgan fingerprint density at radius 2 is 2.24 bits per heavy atom. The predicted octanol–water partition coefficient (Wildman–Crippen LogP) is 0.0751. The fourth-order valence-electron chi connectivity index (χ4n) is 2.16. The molecular formula is C12H25N3O2. The van der Waals surface area contributed by atoms with Crippen molar-refractivity contribution in [1.82, 2.24) is 15.1 Å². The standard InChI is InChI=1S/C12H25N3O2/c1-12(13-2,11(16)17)6-8-15-7-5-10(9-15)14(3)4/h10,13H,5-9H2,1-4H3,(H,16,17). The molecule has 5 heteroatoms. The molecule has 1 fully saturated rings. The fraction of sp³-hybridized carbons (Fsp3) is 0.917. The molecule has 0 spiro atoms. The van der Waals surface area contributed by atoms with E-state index >= 15 is 0 Å². The van der Waals surface area contributed by atoms with Crippen LogP contribution in [0.3, 0.4) is 0 Å². The van der Waals surface area contributed by atoms with E-state index < -0.39 is 11.5 Å². The van der Waals surface area contributed by atoms with E-state index in [1.165, 1.54) is 6.42 Å². The zero-order valence-electron chi connectivity index (χ0n) is 11.4. The van der Waals surface area contributed by atoms with Crippen LogP contribution in [-0.4, -0.2) is 73.2 Å². The lowest BCUT2D eigenvalue weighted by Gasteiger charge is -2.27. The maximum Gasteiger partial charge on any atom is 0.323 e. The molecule has 100 valence electrons. The average Bonchev–Trinajstić information content (AvgIpc) is 2.74. The molecule has 0 aromatic carbocycles. The smallest absolute Gasteiger partial charge is 0.323 e. The number of hydrogen-bond donors (Lipinski definition) is 2. The van der Waals surface area contributed by atoms with Gasteiger partial charge in [0.2, 0.25) is 0 Å². The van der Waals surface area contributed by atoms with Crippen molar-refractivity contribution < 1.29 is 9.90 Å². The minimum absolute atomic E-state index is 0.612. The van der Waals surface area contributed by atoms with E-state index in [0.717, 1.165) is 19.6 Å². The molecule has 1 heterocycles. The number of carbonyl (C=O) groups is 1. The first-order valence-corrected chi connectivity index (χ1v) is 6.20. The molecule has 5 nitrogen and oxygen atoms in total. The molecule has 1 aliphatic heterocycles. The first-order valence-electron chi connectivity index (χ1n) is 6.20. The molecule has 0 radical (unpaired) electrons. The Bertz CT molecular complexity index is 270. The number of nitrogens with zero attached hydrogens (tertiary/aromatic N) is 2. The van der Waals surface area contributed by atoms with Crippen LogP contribution in [0.5, 0.6) is 0 Å². The molecule has 0 aliphatic carbocycles. The summed E-state index contributed by atoms with van der Waals surface area (Å²) in [5.41, 5.74) is -0.809. The second-order valence-corrected chi connectivity index (χ2v) is 5.34. The normalized spacial score (nSPS) is 25.1. The van der Waals surface area contributed by atoms with Crippen molar-refractivity contribution in [2.45, 2.75) is 31.3 Å². The molecule has 1 aliphatic rings. The van der Waals surface area contributed by atoms with E-state index in [9.17, 15) is 4.79 Å². The molecule has 17 heavy (non-hydrogen) atoms. The highest BCUT2D eigenvalue weighted by Gasteiger charge is 2.32. The van der Waals surface area contributed by atoms with Gasteiger partial charge < -0.3 is 20.2 Å². The lowest BCUT2D eigenvalue weighted by atomic mass is 9.98. The van der Waals surface area contributed by atoms with Crippen molar-refractivity contribution in [2.75, 3.05) is 40.8 Å². The van der Waals surface area contributed by atoms with Gasteiger partial charge in [0.1, 0.15) is 5.54 Å². The number of likely N-dealkylation sites (tertiary alicyclic amines) is 1. The molecule has 2 unspecified atom stereocenters. The van der Waals surface area contributed by atoms with Crippen LogP contribution < -0.4 is 5.32 Å². The van der Waals surface area contributed by atoms with Crippen LogP contribution in [0.15, 0.2) is 0 Å². The van der Waals surface area contributed by atoms with E-state index in [1.807, 2.05) is 0 Å². The number of aliphatic carboxylic acids is 1. The quantitative estimate of drug-likeness (QED) is 0.692. The van der Waals surface area contributed by atoms with Crippen molar-refractivity contribution >= 4 is 5.97 Å². The lowest BCUT2D eigenvalue weighted by Crippen LogP contribution is -2.49. The van der Waals surface area contributed by atoms with Crippen molar-refractivity contribution in [1.29, 1.82) is 0 Å². The summed E-state index contributed by atoms with van der Waals surface area (Å²) in [5.74, 6) is -0.775. The summed E-state index contributed by atoms with van der Waals surface area (Å²) in [7, 11) is 5.91. The fourth-order valence-corrected chi connectivity index (χ4v) is 2.16. The van der Waals surface area contributed by atoms with Crippen LogP contribution in [0.4, 0.5) is 0 Å². The number of carboxylic acids is 1. The minimum Gasteiger partial charge on any atom is -0.480 e. The molecular weight excluding hydrogens is 218 g/mol. The summed E-state index contributed by atoms with van der Waals surface area (Å²) in [6.45, 7) is 4.71. The molecule has 0 aromatic heterocycles. The van der Waals surface area contributed by atoms with Gasteiger partial charge in [0.05, 0.1) is 0 Å². The molecule has 2 atom stereocenters. The highest BCUT2D eigenvalue weighted by atomic mass is 16.4. The van der Waals surface area contributed by atoms with Gasteiger partial charge in [-0.1, -0.05) is 0 Å². The molecule has 0 saturated carbocycles. The number of hydrogen-bond acceptors (Lipinski definition) is 4. The van der Waals surface area contributed by atoms with Gasteiger partial charge in [-0.05, 0) is 47.5 Å². The third-order valence-corrected chi connectivity index (χ3v) is 3.93. The van der Waals surface area contributed by atoms with E-state index in [0.29, 0.717) is 12.5 Å². The maximum absolute atomic E-state index is 11.1. The van der Waals surface area contributed by atoms with E-state index in [2.05, 4.69) is 29.2 Å². The summed E-state index contributed by atoms with van der Waals surface area (Å²) in [6, 6.07) is 0.612. The molecule has 1 saturated heterocycles. The second kappa shape index (κ2) is 5.80. The number of carboxylic acid groups (broad SMARTS) is 1. The zero-order chi connectivity index (χ0) is 13.1. The van der Waals surface area contributed by atoms with Crippen molar-refractivity contribution in [3.05, 3.63) is 0 Å². The van der Waals surface area contributed by atoms with Crippen LogP contribution in [0, 0.1) is 0 Å². The summed E-state index contributed by atoms with van der Waals surface area (Å²) >= 11 is 0. The molecule has 2 N–H and O–H groups in total. The Morgan fingerprint density at radius 3 is 2.65 bits per heavy atom. The summed E-state index contributed by atoms with van der Waals surface area (Å²) in [4.78, 5) is 15.7. The average molecular weight is 243 g/mol. The Kier molecular flexibility index (Phi) is 4.91. The number of rotatable bonds is 6. The van der Waals surface area contributed by atoms with Gasteiger partial charge in [-0.3, -0.25) is 4.79 Å². The third-order valence-electron chi connectivity index (χ3n) is 3.93. The molecule has 0 bridgehead atoms. The van der Waals surface area contributed by atoms with Gasteiger partial charge in [-0.25, -0.2) is 0 Å². The summed E-state index contributed by atoms with van der Waals surface area (Å²) in [5, 5.41) is 12.1. The zero-order valence-corrected chi connectivity index (χ0v) is 11.4. The Labute approximate surface area is 104 Å². The minimum atomic E-state index is -0.809. The Morgan fingerprint density at radius 1 is 1.59 bits per heavy atom.